The molecule has 0 bridgehead atoms. The van der Waals surface area contributed by atoms with E-state index in [2.05, 4.69) is 45.9 Å². The van der Waals surface area contributed by atoms with Crippen LogP contribution >= 0.6 is 0 Å². The molecule has 0 radical (unpaired) electrons. The molecule has 3 aliphatic rings. The van der Waals surface area contributed by atoms with E-state index >= 15 is 0 Å². The molecule has 1 atom stereocenters. The average Bonchev–Trinajstić information content (AvgIpc) is 3.14. The lowest BCUT2D eigenvalue weighted by molar-refractivity contribution is -0.149. The highest BCUT2D eigenvalue weighted by Gasteiger charge is 2.51. The molecule has 1 aromatic carbocycles. The number of methoxy groups -OCH3 is 1. The molecule has 148 valence electrons. The third-order valence-corrected chi connectivity index (χ3v) is 6.91. The number of hydrogen-bond donors (Lipinski definition) is 0. The summed E-state index contributed by atoms with van der Waals surface area (Å²) in [6.07, 6.45) is 3.98. The van der Waals surface area contributed by atoms with Gasteiger partial charge in [-0.15, -0.1) is 0 Å². The van der Waals surface area contributed by atoms with Crippen molar-refractivity contribution in [3.63, 3.8) is 0 Å². The Hall–Kier alpha value is -1.43. The maximum atomic E-state index is 13.9. The first-order valence-electron chi connectivity index (χ1n) is 10.5. The van der Waals surface area contributed by atoms with Crippen molar-refractivity contribution in [3.05, 3.63) is 35.4 Å². The van der Waals surface area contributed by atoms with Crippen molar-refractivity contribution in [2.75, 3.05) is 52.9 Å². The van der Waals surface area contributed by atoms with E-state index in [9.17, 15) is 4.79 Å². The summed E-state index contributed by atoms with van der Waals surface area (Å²) in [5.74, 6) is 0.324. The lowest BCUT2D eigenvalue weighted by atomic mass is 9.89. The second-order valence-electron chi connectivity index (χ2n) is 8.33. The van der Waals surface area contributed by atoms with Gasteiger partial charge in [-0.2, -0.15) is 0 Å². The van der Waals surface area contributed by atoms with E-state index in [1.807, 2.05) is 0 Å². The minimum atomic E-state index is -0.404. The zero-order chi connectivity index (χ0) is 18.9. The predicted molar refractivity (Wildman–Crippen MR) is 107 cm³/mol. The molecule has 2 saturated heterocycles. The minimum absolute atomic E-state index is 0.181. The summed E-state index contributed by atoms with van der Waals surface area (Å²) in [4.78, 5) is 21.0. The van der Waals surface area contributed by atoms with Crippen LogP contribution < -0.4 is 0 Å². The molecule has 1 unspecified atom stereocenters. The number of carbonyl (C=O) groups is 1. The van der Waals surface area contributed by atoms with Gasteiger partial charge in [-0.05, 0) is 30.5 Å². The molecule has 2 heterocycles. The van der Waals surface area contributed by atoms with Crippen LogP contribution in [0.3, 0.4) is 0 Å². The van der Waals surface area contributed by atoms with Crippen molar-refractivity contribution in [1.82, 2.24) is 14.7 Å². The number of piperazine rings is 1. The number of fused-ring (bicyclic) bond motifs is 1. The van der Waals surface area contributed by atoms with Crippen molar-refractivity contribution in [3.8, 4) is 0 Å². The van der Waals surface area contributed by atoms with Crippen molar-refractivity contribution in [2.24, 2.45) is 0 Å². The van der Waals surface area contributed by atoms with Gasteiger partial charge in [0.05, 0.1) is 6.10 Å². The van der Waals surface area contributed by atoms with Crippen LogP contribution in [0.5, 0.6) is 0 Å². The molecular weight excluding hydrogens is 338 g/mol. The number of benzene rings is 1. The summed E-state index contributed by atoms with van der Waals surface area (Å²) in [6, 6.07) is 8.63. The van der Waals surface area contributed by atoms with Crippen LogP contribution in [0.2, 0.25) is 0 Å². The molecule has 2 fully saturated rings. The van der Waals surface area contributed by atoms with Gasteiger partial charge in [0, 0.05) is 59.2 Å². The third kappa shape index (κ3) is 3.53. The monoisotopic (exact) mass is 371 g/mol. The van der Waals surface area contributed by atoms with Gasteiger partial charge in [-0.3, -0.25) is 9.69 Å². The Morgan fingerprint density at radius 3 is 2.37 bits per heavy atom. The highest BCUT2D eigenvalue weighted by Crippen LogP contribution is 2.37. The fraction of sp³-hybridized carbons (Fsp3) is 0.682. The summed E-state index contributed by atoms with van der Waals surface area (Å²) in [7, 11) is 1.77. The topological polar surface area (TPSA) is 36.0 Å². The molecule has 0 aromatic heterocycles. The van der Waals surface area contributed by atoms with Crippen molar-refractivity contribution in [2.45, 2.75) is 44.2 Å². The number of carbonyl (C=O) groups excluding carboxylic acids is 1. The molecule has 2 aliphatic heterocycles. The normalized spacial score (nSPS) is 26.1. The highest BCUT2D eigenvalue weighted by atomic mass is 16.5. The molecule has 1 aliphatic carbocycles. The second kappa shape index (κ2) is 7.90. The number of amides is 1. The fourth-order valence-corrected chi connectivity index (χ4v) is 5.21. The zero-order valence-corrected chi connectivity index (χ0v) is 16.8. The molecular formula is C22H33N3O2. The number of hydrogen-bond acceptors (Lipinski definition) is 4. The summed E-state index contributed by atoms with van der Waals surface area (Å²) in [5, 5.41) is 0. The molecule has 0 saturated carbocycles. The number of likely N-dealkylation sites (N-methyl/N-ethyl adjacent to an activating group) is 1. The standard InChI is InChI=1S/C22H33N3O2/c1-3-23-11-13-25(14-12-23)22(15-18-7-4-5-8-19(18)16-22)21(26)24-10-6-9-20(17-24)27-2/h4-5,7-8,20H,3,6,9-17H2,1-2H3. The predicted octanol–water partition coefficient (Wildman–Crippen LogP) is 1.80. The first-order chi connectivity index (χ1) is 13.2. The Morgan fingerprint density at radius 2 is 1.78 bits per heavy atom. The van der Waals surface area contributed by atoms with Crippen LogP contribution in [0, 0.1) is 0 Å². The Labute approximate surface area is 163 Å². The van der Waals surface area contributed by atoms with Gasteiger partial charge in [0.15, 0.2) is 0 Å². The maximum absolute atomic E-state index is 13.9. The zero-order valence-electron chi connectivity index (χ0n) is 16.8. The van der Waals surface area contributed by atoms with Crippen molar-refractivity contribution >= 4 is 5.91 Å². The molecule has 27 heavy (non-hydrogen) atoms. The van der Waals surface area contributed by atoms with E-state index in [1.165, 1.54) is 11.1 Å². The Kier molecular flexibility index (Phi) is 5.53. The van der Waals surface area contributed by atoms with Gasteiger partial charge in [0.2, 0.25) is 5.91 Å². The summed E-state index contributed by atoms with van der Waals surface area (Å²) in [5.41, 5.74) is 2.30. The van der Waals surface area contributed by atoms with Crippen LogP contribution in [0.25, 0.3) is 0 Å². The molecule has 5 nitrogen and oxygen atoms in total. The Balaban J connectivity index is 1.60. The summed E-state index contributed by atoms with van der Waals surface area (Å²) in [6.45, 7) is 9.00. The lowest BCUT2D eigenvalue weighted by Gasteiger charge is -2.47. The van der Waals surface area contributed by atoms with E-state index in [-0.39, 0.29) is 6.10 Å². The van der Waals surface area contributed by atoms with Gasteiger partial charge in [0.25, 0.3) is 0 Å². The Morgan fingerprint density at radius 1 is 1.11 bits per heavy atom. The van der Waals surface area contributed by atoms with Gasteiger partial charge >= 0.3 is 0 Å². The number of ether oxygens (including phenoxy) is 1. The second-order valence-corrected chi connectivity index (χ2v) is 8.33. The van der Waals surface area contributed by atoms with Crippen molar-refractivity contribution in [1.29, 1.82) is 0 Å². The van der Waals surface area contributed by atoms with Crippen LogP contribution in [-0.4, -0.2) is 85.2 Å². The smallest absolute Gasteiger partial charge is 0.243 e. The fourth-order valence-electron chi connectivity index (χ4n) is 5.21. The number of piperidine rings is 1. The van der Waals surface area contributed by atoms with Gasteiger partial charge in [-0.25, -0.2) is 0 Å². The number of nitrogens with zero attached hydrogens (tertiary/aromatic N) is 3. The third-order valence-electron chi connectivity index (χ3n) is 6.91. The highest BCUT2D eigenvalue weighted by molar-refractivity contribution is 5.88. The quantitative estimate of drug-likeness (QED) is 0.809. The van der Waals surface area contributed by atoms with E-state index in [4.69, 9.17) is 4.74 Å². The van der Waals surface area contributed by atoms with Crippen LogP contribution in [0.4, 0.5) is 0 Å². The molecule has 4 rings (SSSR count). The summed E-state index contributed by atoms with van der Waals surface area (Å²) >= 11 is 0. The maximum Gasteiger partial charge on any atom is 0.243 e. The van der Waals surface area contributed by atoms with E-state index in [0.717, 1.165) is 71.5 Å². The van der Waals surface area contributed by atoms with Crippen LogP contribution in [0.1, 0.15) is 30.9 Å². The van der Waals surface area contributed by atoms with Gasteiger partial charge in [-0.1, -0.05) is 31.2 Å². The van der Waals surface area contributed by atoms with E-state index in [1.54, 1.807) is 7.11 Å². The number of rotatable bonds is 4. The molecule has 5 heteroatoms. The largest absolute Gasteiger partial charge is 0.380 e. The average molecular weight is 372 g/mol. The minimum Gasteiger partial charge on any atom is -0.380 e. The SMILES string of the molecule is CCN1CCN(C2(C(=O)N3CCCC(OC)C3)Cc3ccccc3C2)CC1. The first-order valence-corrected chi connectivity index (χ1v) is 10.5. The number of likely N-dealkylation sites (tertiary alicyclic amines) is 1. The van der Waals surface area contributed by atoms with Gasteiger partial charge in [0.1, 0.15) is 5.54 Å². The van der Waals surface area contributed by atoms with E-state index < -0.39 is 5.54 Å². The van der Waals surface area contributed by atoms with Crippen LogP contribution in [-0.2, 0) is 22.4 Å². The molecule has 0 N–H and O–H groups in total. The van der Waals surface area contributed by atoms with Gasteiger partial charge < -0.3 is 14.5 Å². The molecule has 1 amide bonds. The first kappa shape index (κ1) is 18.9. The summed E-state index contributed by atoms with van der Waals surface area (Å²) < 4.78 is 5.59. The van der Waals surface area contributed by atoms with E-state index in [0.29, 0.717) is 5.91 Å². The lowest BCUT2D eigenvalue weighted by Crippen LogP contribution is -2.65. The van der Waals surface area contributed by atoms with Crippen molar-refractivity contribution < 1.29 is 9.53 Å². The van der Waals surface area contributed by atoms with Crippen LogP contribution in [0.15, 0.2) is 24.3 Å². The Bertz CT molecular complexity index is 644. The molecule has 1 aromatic rings. The molecule has 0 spiro atoms.